The Morgan fingerprint density at radius 2 is 1.95 bits per heavy atom. The molecule has 20 heavy (non-hydrogen) atoms. The highest BCUT2D eigenvalue weighted by Gasteiger charge is 2.14. The van der Waals surface area contributed by atoms with Gasteiger partial charge in [0, 0.05) is 29.9 Å². The SMILES string of the molecule is CC(C)Cc1cc(Cl)c2cc(N3CCCC3)ccc2n1. The van der Waals surface area contributed by atoms with Crippen molar-refractivity contribution in [2.24, 2.45) is 5.92 Å². The molecule has 0 radical (unpaired) electrons. The fourth-order valence-corrected chi connectivity index (χ4v) is 3.20. The van der Waals surface area contributed by atoms with E-state index in [9.17, 15) is 0 Å². The maximum atomic E-state index is 6.47. The van der Waals surface area contributed by atoms with E-state index in [4.69, 9.17) is 16.6 Å². The Balaban J connectivity index is 1.99. The first-order valence-corrected chi connectivity index (χ1v) is 7.85. The number of nitrogens with zero attached hydrogens (tertiary/aromatic N) is 2. The molecule has 1 fully saturated rings. The van der Waals surface area contributed by atoms with E-state index in [0.29, 0.717) is 5.92 Å². The zero-order valence-electron chi connectivity index (χ0n) is 12.2. The van der Waals surface area contributed by atoms with Crippen LogP contribution in [0.25, 0.3) is 10.9 Å². The zero-order valence-corrected chi connectivity index (χ0v) is 13.0. The number of hydrogen-bond acceptors (Lipinski definition) is 2. The van der Waals surface area contributed by atoms with Gasteiger partial charge >= 0.3 is 0 Å². The van der Waals surface area contributed by atoms with Crippen LogP contribution in [0.2, 0.25) is 5.02 Å². The third-order valence-corrected chi connectivity index (χ3v) is 4.20. The number of hydrogen-bond donors (Lipinski definition) is 0. The second-order valence-electron chi connectivity index (χ2n) is 6.09. The Hall–Kier alpha value is -1.28. The standard InChI is InChI=1S/C17H21ClN2/c1-12(2)9-13-10-16(18)15-11-14(5-6-17(15)19-13)20-7-3-4-8-20/h5-6,10-12H,3-4,7-9H2,1-2H3. The molecule has 0 bridgehead atoms. The number of aromatic nitrogens is 1. The van der Waals surface area contributed by atoms with Crippen molar-refractivity contribution in [2.75, 3.05) is 18.0 Å². The second kappa shape index (κ2) is 5.61. The van der Waals surface area contributed by atoms with Gasteiger partial charge in [0.2, 0.25) is 0 Å². The first-order chi connectivity index (χ1) is 9.63. The monoisotopic (exact) mass is 288 g/mol. The molecular formula is C17H21ClN2. The average Bonchev–Trinajstić information content (AvgIpc) is 2.91. The van der Waals surface area contributed by atoms with Gasteiger partial charge in [0.05, 0.1) is 10.5 Å². The lowest BCUT2D eigenvalue weighted by atomic mass is 10.1. The van der Waals surface area contributed by atoms with Gasteiger partial charge in [0.25, 0.3) is 0 Å². The molecule has 106 valence electrons. The largest absolute Gasteiger partial charge is 0.372 e. The lowest BCUT2D eigenvalue weighted by molar-refractivity contribution is 0.637. The van der Waals surface area contributed by atoms with Crippen LogP contribution in [-0.4, -0.2) is 18.1 Å². The molecule has 0 amide bonds. The lowest BCUT2D eigenvalue weighted by Crippen LogP contribution is -2.17. The van der Waals surface area contributed by atoms with Gasteiger partial charge in [-0.2, -0.15) is 0 Å². The van der Waals surface area contributed by atoms with Crippen LogP contribution in [0, 0.1) is 5.92 Å². The van der Waals surface area contributed by atoms with Gasteiger partial charge in [-0.3, -0.25) is 4.98 Å². The molecule has 1 saturated heterocycles. The minimum atomic E-state index is 0.597. The summed E-state index contributed by atoms with van der Waals surface area (Å²) in [6.45, 7) is 6.72. The summed E-state index contributed by atoms with van der Waals surface area (Å²) in [7, 11) is 0. The number of halogens is 1. The molecule has 1 aliphatic rings. The minimum Gasteiger partial charge on any atom is -0.372 e. The highest BCUT2D eigenvalue weighted by molar-refractivity contribution is 6.35. The Labute approximate surface area is 125 Å². The summed E-state index contributed by atoms with van der Waals surface area (Å²) in [5.41, 5.74) is 3.37. The molecule has 0 atom stereocenters. The van der Waals surface area contributed by atoms with Gasteiger partial charge in [-0.1, -0.05) is 25.4 Å². The van der Waals surface area contributed by atoms with Crippen LogP contribution in [-0.2, 0) is 6.42 Å². The van der Waals surface area contributed by atoms with Gasteiger partial charge in [-0.15, -0.1) is 0 Å². The Kier molecular flexibility index (Phi) is 3.84. The van der Waals surface area contributed by atoms with E-state index in [-0.39, 0.29) is 0 Å². The summed E-state index contributed by atoms with van der Waals surface area (Å²) in [6, 6.07) is 8.50. The zero-order chi connectivity index (χ0) is 14.1. The summed E-state index contributed by atoms with van der Waals surface area (Å²) >= 11 is 6.47. The predicted molar refractivity (Wildman–Crippen MR) is 86.7 cm³/mol. The second-order valence-corrected chi connectivity index (χ2v) is 6.50. The minimum absolute atomic E-state index is 0.597. The summed E-state index contributed by atoms with van der Waals surface area (Å²) in [4.78, 5) is 7.17. The van der Waals surface area contributed by atoms with Gasteiger partial charge in [-0.05, 0) is 49.4 Å². The van der Waals surface area contributed by atoms with Crippen molar-refractivity contribution >= 4 is 28.2 Å². The maximum absolute atomic E-state index is 6.47. The maximum Gasteiger partial charge on any atom is 0.0721 e. The molecule has 0 N–H and O–H groups in total. The number of benzene rings is 1. The Bertz CT molecular complexity index is 616. The van der Waals surface area contributed by atoms with Crippen molar-refractivity contribution in [2.45, 2.75) is 33.1 Å². The molecule has 3 heteroatoms. The van der Waals surface area contributed by atoms with Crippen LogP contribution in [0.15, 0.2) is 24.3 Å². The van der Waals surface area contributed by atoms with E-state index in [2.05, 4.69) is 36.9 Å². The van der Waals surface area contributed by atoms with E-state index in [0.717, 1.165) is 41.1 Å². The quantitative estimate of drug-likeness (QED) is 0.815. The highest BCUT2D eigenvalue weighted by atomic mass is 35.5. The molecule has 2 aromatic rings. The average molecular weight is 289 g/mol. The number of fused-ring (bicyclic) bond motifs is 1. The smallest absolute Gasteiger partial charge is 0.0721 e. The van der Waals surface area contributed by atoms with E-state index in [1.165, 1.54) is 18.5 Å². The summed E-state index contributed by atoms with van der Waals surface area (Å²) in [6.07, 6.45) is 3.55. The topological polar surface area (TPSA) is 16.1 Å². The lowest BCUT2D eigenvalue weighted by Gasteiger charge is -2.18. The summed E-state index contributed by atoms with van der Waals surface area (Å²) in [5.74, 6) is 0.597. The third-order valence-electron chi connectivity index (χ3n) is 3.88. The fraction of sp³-hybridized carbons (Fsp3) is 0.471. The Morgan fingerprint density at radius 1 is 1.20 bits per heavy atom. The molecule has 2 heterocycles. The van der Waals surface area contributed by atoms with E-state index in [1.54, 1.807) is 0 Å². The van der Waals surface area contributed by atoms with Gasteiger partial charge in [0.1, 0.15) is 0 Å². The predicted octanol–water partition coefficient (Wildman–Crippen LogP) is 4.69. The highest BCUT2D eigenvalue weighted by Crippen LogP contribution is 2.29. The molecule has 1 aliphatic heterocycles. The molecule has 0 unspecified atom stereocenters. The van der Waals surface area contributed by atoms with Crippen molar-refractivity contribution in [1.29, 1.82) is 0 Å². The van der Waals surface area contributed by atoms with Crippen LogP contribution in [0.1, 0.15) is 32.4 Å². The van der Waals surface area contributed by atoms with Crippen molar-refractivity contribution < 1.29 is 0 Å². The van der Waals surface area contributed by atoms with Gasteiger partial charge in [-0.25, -0.2) is 0 Å². The van der Waals surface area contributed by atoms with Crippen molar-refractivity contribution in [3.63, 3.8) is 0 Å². The number of rotatable bonds is 3. The van der Waals surface area contributed by atoms with Crippen molar-refractivity contribution in [3.05, 3.63) is 35.0 Å². The number of pyridine rings is 1. The van der Waals surface area contributed by atoms with Crippen LogP contribution >= 0.6 is 11.6 Å². The Morgan fingerprint density at radius 3 is 2.65 bits per heavy atom. The molecule has 1 aromatic heterocycles. The van der Waals surface area contributed by atoms with E-state index in [1.807, 2.05) is 6.07 Å². The summed E-state index contributed by atoms with van der Waals surface area (Å²) in [5, 5.41) is 1.90. The molecule has 2 nitrogen and oxygen atoms in total. The molecular weight excluding hydrogens is 268 g/mol. The van der Waals surface area contributed by atoms with Gasteiger partial charge < -0.3 is 4.90 Å². The first kappa shape index (κ1) is 13.7. The third kappa shape index (κ3) is 2.76. The summed E-state index contributed by atoms with van der Waals surface area (Å²) < 4.78 is 0. The molecule has 0 spiro atoms. The van der Waals surface area contributed by atoms with Crippen molar-refractivity contribution in [1.82, 2.24) is 4.98 Å². The normalized spacial score (nSPS) is 15.5. The van der Waals surface area contributed by atoms with Crippen LogP contribution in [0.5, 0.6) is 0 Å². The number of anilines is 1. The van der Waals surface area contributed by atoms with Gasteiger partial charge in [0.15, 0.2) is 0 Å². The van der Waals surface area contributed by atoms with Crippen LogP contribution < -0.4 is 4.90 Å². The molecule has 1 aromatic carbocycles. The van der Waals surface area contributed by atoms with E-state index < -0.39 is 0 Å². The molecule has 3 rings (SSSR count). The van der Waals surface area contributed by atoms with Crippen LogP contribution in [0.3, 0.4) is 0 Å². The van der Waals surface area contributed by atoms with Crippen molar-refractivity contribution in [3.8, 4) is 0 Å². The fourth-order valence-electron chi connectivity index (χ4n) is 2.92. The first-order valence-electron chi connectivity index (χ1n) is 7.47. The molecule has 0 aliphatic carbocycles. The van der Waals surface area contributed by atoms with E-state index >= 15 is 0 Å². The molecule has 0 saturated carbocycles. The van der Waals surface area contributed by atoms with Crippen LogP contribution in [0.4, 0.5) is 5.69 Å².